The maximum absolute atomic E-state index is 12.0. The fourth-order valence-corrected chi connectivity index (χ4v) is 3.83. The average molecular weight is 526 g/mol. The normalized spacial score (nSPS) is 17.5. The van der Waals surface area contributed by atoms with Gasteiger partial charge in [-0.3, -0.25) is 23.9 Å². The molecule has 3 heterocycles. The van der Waals surface area contributed by atoms with Crippen LogP contribution in [-0.2, 0) is 43.7 Å². The van der Waals surface area contributed by atoms with Gasteiger partial charge < -0.3 is 24.4 Å². The number of halogens is 1. The molecule has 0 fully saturated rings. The van der Waals surface area contributed by atoms with E-state index in [0.717, 1.165) is 32.3 Å². The van der Waals surface area contributed by atoms with Crippen LogP contribution >= 0.6 is 11.6 Å². The first kappa shape index (κ1) is 26.7. The molecule has 0 saturated carbocycles. The van der Waals surface area contributed by atoms with E-state index in [4.69, 9.17) is 30.5 Å². The van der Waals surface area contributed by atoms with Crippen LogP contribution in [0.15, 0.2) is 0 Å². The van der Waals surface area contributed by atoms with Gasteiger partial charge in [0, 0.05) is 41.5 Å². The first-order valence-electron chi connectivity index (χ1n) is 10.6. The van der Waals surface area contributed by atoms with Crippen LogP contribution < -0.4 is 0 Å². The molecule has 16 heteroatoms. The van der Waals surface area contributed by atoms with Crippen LogP contribution in [0.3, 0.4) is 0 Å². The number of carbonyl (C=O) groups is 4. The van der Waals surface area contributed by atoms with E-state index in [0.29, 0.717) is 11.2 Å². The summed E-state index contributed by atoms with van der Waals surface area (Å²) in [5, 5.41) is 15.4. The van der Waals surface area contributed by atoms with Crippen molar-refractivity contribution >= 4 is 53.0 Å². The van der Waals surface area contributed by atoms with Gasteiger partial charge in [0.15, 0.2) is 24.0 Å². The molecule has 0 aliphatic carbocycles. The van der Waals surface area contributed by atoms with Gasteiger partial charge in [-0.05, 0) is 16.1 Å². The van der Waals surface area contributed by atoms with E-state index in [2.05, 4.69) is 26.0 Å². The second kappa shape index (κ2) is 10.4. The maximum atomic E-state index is 12.0. The molecule has 0 bridgehead atoms. The smallest absolute Gasteiger partial charge is 0.303 e. The molecule has 0 N–H and O–H groups in total. The summed E-state index contributed by atoms with van der Waals surface area (Å²) in [5.41, 5.74) is 4.64. The fourth-order valence-electron chi connectivity index (χ4n) is 3.63. The predicted octanol–water partition coefficient (Wildman–Crippen LogP) is 0.783. The van der Waals surface area contributed by atoms with Crippen molar-refractivity contribution in [3.05, 3.63) is 16.1 Å². The molecule has 36 heavy (non-hydrogen) atoms. The topological polar surface area (TPSA) is 178 Å². The third kappa shape index (κ3) is 5.67. The zero-order valence-corrected chi connectivity index (χ0v) is 21.0. The fraction of sp³-hybridized carbons (Fsp3) is 0.550. The Morgan fingerprint density at radius 1 is 1.06 bits per heavy atom. The van der Waals surface area contributed by atoms with Crippen LogP contribution in [0.25, 0.3) is 11.1 Å². The van der Waals surface area contributed by atoms with Crippen molar-refractivity contribution < 1.29 is 42.8 Å². The second-order valence-corrected chi connectivity index (χ2v) is 8.62. The Balaban J connectivity index is 2.10. The highest BCUT2D eigenvalue weighted by molar-refractivity contribution is 6.32. The number of carbonyl (C=O) groups excluding carboxylic acids is 4. The van der Waals surface area contributed by atoms with Gasteiger partial charge in [0.05, 0.1) is 5.56 Å². The summed E-state index contributed by atoms with van der Waals surface area (Å²) in [4.78, 5) is 47.2. The third-order valence-electron chi connectivity index (χ3n) is 5.03. The number of esters is 4. The standard InChI is InChI=1S/C20H24ClN7O8/c1-9(29)33-8-14(35-11(3)31)17(36-12(4)32)13(34-10(2)30)7-27-20(5,6)15-16(23-27)18(21)24-28-19(15)22-25-26-28/h7,13-14,17H,8H2,1-6H3/b27-7+/t13-,14+,17+/m0/s1. The molecule has 3 rings (SSSR count). The van der Waals surface area contributed by atoms with Gasteiger partial charge in [-0.1, -0.05) is 11.6 Å². The van der Waals surface area contributed by atoms with Crippen LogP contribution in [0.4, 0.5) is 5.69 Å². The molecule has 2 aromatic rings. The Morgan fingerprint density at radius 3 is 2.28 bits per heavy atom. The van der Waals surface area contributed by atoms with Crippen molar-refractivity contribution in [3.8, 4) is 0 Å². The van der Waals surface area contributed by atoms with Crippen LogP contribution in [0, 0.1) is 0 Å². The number of aromatic nitrogens is 5. The average Bonchev–Trinajstić information content (AvgIpc) is 3.30. The molecule has 0 radical (unpaired) electrons. The van der Waals surface area contributed by atoms with Crippen LogP contribution in [0.2, 0.25) is 5.15 Å². The lowest BCUT2D eigenvalue weighted by Crippen LogP contribution is -2.49. The number of nitrogens with zero attached hydrogens (tertiary/aromatic N) is 7. The van der Waals surface area contributed by atoms with E-state index in [1.54, 1.807) is 13.8 Å². The molecule has 0 aromatic carbocycles. The Kier molecular flexibility index (Phi) is 7.71. The molecule has 0 unspecified atom stereocenters. The van der Waals surface area contributed by atoms with Gasteiger partial charge >= 0.3 is 23.9 Å². The summed E-state index contributed by atoms with van der Waals surface area (Å²) >= 11 is 6.31. The highest BCUT2D eigenvalue weighted by Gasteiger charge is 2.44. The van der Waals surface area contributed by atoms with Crippen LogP contribution in [-0.4, -0.2) is 84.9 Å². The number of fused-ring (bicyclic) bond motifs is 3. The van der Waals surface area contributed by atoms with Crippen molar-refractivity contribution in [1.82, 2.24) is 25.3 Å². The zero-order valence-electron chi connectivity index (χ0n) is 20.3. The summed E-state index contributed by atoms with van der Waals surface area (Å²) in [5.74, 6) is -2.92. The minimum Gasteiger partial charge on any atom is -0.462 e. The molecule has 0 amide bonds. The molecule has 3 atom stereocenters. The van der Waals surface area contributed by atoms with Gasteiger partial charge in [-0.25, -0.2) is 0 Å². The first-order chi connectivity index (χ1) is 16.8. The van der Waals surface area contributed by atoms with E-state index >= 15 is 0 Å². The van der Waals surface area contributed by atoms with Crippen molar-refractivity contribution in [3.63, 3.8) is 0 Å². The van der Waals surface area contributed by atoms with Gasteiger partial charge in [-0.15, -0.1) is 14.8 Å². The molecular weight excluding hydrogens is 502 g/mol. The molecule has 0 spiro atoms. The van der Waals surface area contributed by atoms with E-state index < -0.39 is 54.3 Å². The lowest BCUT2D eigenvalue weighted by Gasteiger charge is -2.30. The summed E-state index contributed by atoms with van der Waals surface area (Å²) in [6, 6.07) is 0. The minimum absolute atomic E-state index is 0.0157. The van der Waals surface area contributed by atoms with Crippen molar-refractivity contribution in [2.45, 2.75) is 65.4 Å². The van der Waals surface area contributed by atoms with Crippen molar-refractivity contribution in [2.75, 3.05) is 6.61 Å². The summed E-state index contributed by atoms with van der Waals surface area (Å²) in [7, 11) is 0. The quantitative estimate of drug-likeness (QED) is 0.269. The second-order valence-electron chi connectivity index (χ2n) is 8.26. The molecule has 15 nitrogen and oxygen atoms in total. The monoisotopic (exact) mass is 525 g/mol. The lowest BCUT2D eigenvalue weighted by atomic mass is 9.96. The number of hydrogen-bond acceptors (Lipinski definition) is 12. The minimum atomic E-state index is -1.41. The SMILES string of the molecule is CC(=O)OC[C@@H](OC(C)=O)[C@H](OC(C)=O)[C@H](/C=[N+]1/[N-]c2c(Cl)nn3nnnc3c2C1(C)C)OC(C)=O. The van der Waals surface area contributed by atoms with Gasteiger partial charge in [0.25, 0.3) is 0 Å². The number of hydrogen-bond donors (Lipinski definition) is 0. The first-order valence-corrected chi connectivity index (χ1v) is 11.0. The predicted molar refractivity (Wildman–Crippen MR) is 119 cm³/mol. The zero-order chi connectivity index (χ0) is 26.8. The highest BCUT2D eigenvalue weighted by Crippen LogP contribution is 2.48. The Morgan fingerprint density at radius 2 is 1.69 bits per heavy atom. The molecule has 2 aromatic heterocycles. The summed E-state index contributed by atoms with van der Waals surface area (Å²) < 4.78 is 23.6. The Hall–Kier alpha value is -3.88. The van der Waals surface area contributed by atoms with Crippen molar-refractivity contribution in [1.29, 1.82) is 0 Å². The third-order valence-corrected chi connectivity index (χ3v) is 5.29. The number of tetrazole rings is 1. The van der Waals surface area contributed by atoms with E-state index in [-0.39, 0.29) is 10.8 Å². The maximum Gasteiger partial charge on any atom is 0.303 e. The number of ether oxygens (including phenoxy) is 4. The van der Waals surface area contributed by atoms with E-state index in [1.165, 1.54) is 10.9 Å². The molecule has 0 saturated heterocycles. The largest absolute Gasteiger partial charge is 0.462 e. The molecule has 1 aliphatic rings. The van der Waals surface area contributed by atoms with Gasteiger partial charge in [-0.2, -0.15) is 0 Å². The molecule has 194 valence electrons. The van der Waals surface area contributed by atoms with Crippen molar-refractivity contribution in [2.24, 2.45) is 0 Å². The van der Waals surface area contributed by atoms with E-state index in [1.807, 2.05) is 0 Å². The van der Waals surface area contributed by atoms with Crippen LogP contribution in [0.1, 0.15) is 47.1 Å². The lowest BCUT2D eigenvalue weighted by molar-refractivity contribution is -0.551. The summed E-state index contributed by atoms with van der Waals surface area (Å²) in [6.45, 7) is 7.62. The van der Waals surface area contributed by atoms with Gasteiger partial charge in [0.2, 0.25) is 11.8 Å². The molecular formula is C20H24ClN7O8. The van der Waals surface area contributed by atoms with E-state index in [9.17, 15) is 19.2 Å². The highest BCUT2D eigenvalue weighted by atomic mass is 35.5. The summed E-state index contributed by atoms with van der Waals surface area (Å²) in [6.07, 6.45) is -2.72. The Labute approximate surface area is 209 Å². The molecule has 1 aliphatic heterocycles. The Bertz CT molecular complexity index is 1240. The number of rotatable bonds is 8. The van der Waals surface area contributed by atoms with Gasteiger partial charge in [0.1, 0.15) is 11.8 Å². The van der Waals surface area contributed by atoms with Crippen LogP contribution in [0.5, 0.6) is 0 Å².